The van der Waals surface area contributed by atoms with Gasteiger partial charge < -0.3 is 19.5 Å². The number of aromatic nitrogens is 2. The zero-order valence-electron chi connectivity index (χ0n) is 18.8. The first kappa shape index (κ1) is 22.4. The second-order valence-corrected chi connectivity index (χ2v) is 9.89. The van der Waals surface area contributed by atoms with Gasteiger partial charge in [-0.15, -0.1) is 0 Å². The summed E-state index contributed by atoms with van der Waals surface area (Å²) in [5.74, 6) is 0.0915. The van der Waals surface area contributed by atoms with E-state index < -0.39 is 0 Å². The zero-order valence-corrected chi connectivity index (χ0v) is 19.6. The highest BCUT2D eigenvalue weighted by molar-refractivity contribution is 6.30. The van der Waals surface area contributed by atoms with Crippen molar-refractivity contribution in [3.05, 3.63) is 52.6 Å². The number of nitrogens with zero attached hydrogens (tertiary/aromatic N) is 3. The van der Waals surface area contributed by atoms with Crippen molar-refractivity contribution in [2.24, 2.45) is 5.92 Å². The molecule has 176 valence electrons. The molecular formula is C25H31ClN4O3. The van der Waals surface area contributed by atoms with E-state index in [0.29, 0.717) is 55.8 Å². The smallest absolute Gasteiger partial charge is 0.274 e. The minimum absolute atomic E-state index is 0.00430. The van der Waals surface area contributed by atoms with E-state index in [1.54, 1.807) is 6.33 Å². The number of nitrogens with one attached hydrogen (secondary N) is 1. The third-order valence-corrected chi connectivity index (χ3v) is 7.53. The number of benzene rings is 1. The van der Waals surface area contributed by atoms with Crippen LogP contribution in [0.15, 0.2) is 30.6 Å². The molecule has 1 N–H and O–H groups in total. The Hall–Kier alpha value is -2.38. The van der Waals surface area contributed by atoms with Crippen LogP contribution < -0.4 is 5.32 Å². The van der Waals surface area contributed by atoms with E-state index in [1.807, 2.05) is 33.7 Å². The van der Waals surface area contributed by atoms with Gasteiger partial charge in [-0.2, -0.15) is 0 Å². The van der Waals surface area contributed by atoms with Gasteiger partial charge in [0.05, 0.1) is 25.2 Å². The minimum atomic E-state index is -0.0923. The number of hydrogen-bond donors (Lipinski definition) is 1. The maximum absolute atomic E-state index is 13.2. The van der Waals surface area contributed by atoms with Crippen molar-refractivity contribution < 1.29 is 14.3 Å². The summed E-state index contributed by atoms with van der Waals surface area (Å²) in [5, 5.41) is 3.94. The van der Waals surface area contributed by atoms with E-state index in [0.717, 1.165) is 24.1 Å². The van der Waals surface area contributed by atoms with Crippen LogP contribution in [0.3, 0.4) is 0 Å². The Balaban J connectivity index is 1.17. The van der Waals surface area contributed by atoms with Crippen molar-refractivity contribution in [2.45, 2.75) is 70.2 Å². The van der Waals surface area contributed by atoms with Crippen LogP contribution >= 0.6 is 11.6 Å². The van der Waals surface area contributed by atoms with Crippen LogP contribution in [-0.2, 0) is 22.7 Å². The van der Waals surface area contributed by atoms with Crippen LogP contribution in [0, 0.1) is 5.92 Å². The largest absolute Gasteiger partial charge is 0.365 e. The molecule has 2 aliphatic heterocycles. The summed E-state index contributed by atoms with van der Waals surface area (Å²) in [6, 6.07) is 7.99. The Morgan fingerprint density at radius 3 is 2.48 bits per heavy atom. The number of imidazole rings is 1. The first-order valence-corrected chi connectivity index (χ1v) is 12.5. The molecule has 2 fully saturated rings. The van der Waals surface area contributed by atoms with Crippen molar-refractivity contribution in [1.29, 1.82) is 0 Å². The molecule has 7 nitrogen and oxygen atoms in total. The van der Waals surface area contributed by atoms with Gasteiger partial charge in [0.15, 0.2) is 5.69 Å². The number of hydrogen-bond acceptors (Lipinski definition) is 4. The van der Waals surface area contributed by atoms with Gasteiger partial charge in [-0.05, 0) is 43.4 Å². The second-order valence-electron chi connectivity index (χ2n) is 9.45. The average molecular weight is 471 g/mol. The molecule has 0 bridgehead atoms. The molecule has 8 heteroatoms. The maximum Gasteiger partial charge on any atom is 0.274 e. The predicted molar refractivity (Wildman–Crippen MR) is 125 cm³/mol. The standard InChI is InChI=1S/C25H31ClN4O3/c26-19-8-6-17(7-9-19)22-14-30-16-27-23(21(30)15-33-22)25(32)29-12-10-18(11-13-29)24(31)28-20-4-2-1-3-5-20/h6-9,16,18,20,22H,1-5,10-15H2,(H,28,31)/t22-/m1/s1. The minimum Gasteiger partial charge on any atom is -0.365 e. The monoisotopic (exact) mass is 470 g/mol. The third-order valence-electron chi connectivity index (χ3n) is 7.28. The quantitative estimate of drug-likeness (QED) is 0.729. The Bertz CT molecular complexity index is 992. The SMILES string of the molecule is O=C(NC1CCCCC1)C1CCN(C(=O)c2ncn3c2CO[C@@H](c2ccc(Cl)cc2)C3)CC1. The fourth-order valence-corrected chi connectivity index (χ4v) is 5.37. The number of halogens is 1. The molecule has 1 aromatic heterocycles. The molecular weight excluding hydrogens is 440 g/mol. The number of fused-ring (bicyclic) bond motifs is 1. The van der Waals surface area contributed by atoms with Crippen molar-refractivity contribution in [1.82, 2.24) is 19.8 Å². The first-order valence-electron chi connectivity index (χ1n) is 12.1. The molecule has 1 aliphatic carbocycles. The summed E-state index contributed by atoms with van der Waals surface area (Å²) >= 11 is 5.99. The van der Waals surface area contributed by atoms with Crippen LogP contribution in [-0.4, -0.2) is 45.4 Å². The first-order chi connectivity index (χ1) is 16.1. The van der Waals surface area contributed by atoms with E-state index in [2.05, 4.69) is 10.3 Å². The van der Waals surface area contributed by atoms with Gasteiger partial charge in [0.25, 0.3) is 5.91 Å². The van der Waals surface area contributed by atoms with Gasteiger partial charge in [-0.25, -0.2) is 4.98 Å². The van der Waals surface area contributed by atoms with Crippen LogP contribution in [0.25, 0.3) is 0 Å². The Kier molecular flexibility index (Phi) is 6.69. The van der Waals surface area contributed by atoms with Crippen molar-refractivity contribution in [3.63, 3.8) is 0 Å². The molecule has 1 atom stereocenters. The molecule has 1 saturated carbocycles. The fraction of sp³-hybridized carbons (Fsp3) is 0.560. The summed E-state index contributed by atoms with van der Waals surface area (Å²) in [4.78, 5) is 32.1. The highest BCUT2D eigenvalue weighted by Crippen LogP contribution is 2.29. The second kappa shape index (κ2) is 9.85. The average Bonchev–Trinajstić information content (AvgIpc) is 3.28. The fourth-order valence-electron chi connectivity index (χ4n) is 5.25. The molecule has 3 heterocycles. The lowest BCUT2D eigenvalue weighted by Gasteiger charge is -2.33. The number of piperidine rings is 1. The van der Waals surface area contributed by atoms with Crippen molar-refractivity contribution >= 4 is 23.4 Å². The maximum atomic E-state index is 13.2. The summed E-state index contributed by atoms with van der Waals surface area (Å²) < 4.78 is 8.07. The normalized spacial score (nSPS) is 22.1. The number of likely N-dealkylation sites (tertiary alicyclic amines) is 1. The van der Waals surface area contributed by atoms with E-state index in [-0.39, 0.29) is 23.8 Å². The van der Waals surface area contributed by atoms with Crippen LogP contribution in [0.1, 0.15) is 72.8 Å². The van der Waals surface area contributed by atoms with E-state index in [1.165, 1.54) is 19.3 Å². The van der Waals surface area contributed by atoms with Gasteiger partial charge in [-0.1, -0.05) is 43.0 Å². The highest BCUT2D eigenvalue weighted by atomic mass is 35.5. The lowest BCUT2D eigenvalue weighted by atomic mass is 9.92. The molecule has 2 amide bonds. The zero-order chi connectivity index (χ0) is 22.8. The van der Waals surface area contributed by atoms with Gasteiger partial charge in [-0.3, -0.25) is 9.59 Å². The molecule has 0 spiro atoms. The van der Waals surface area contributed by atoms with Crippen LogP contribution in [0.4, 0.5) is 0 Å². The molecule has 5 rings (SSSR count). The third kappa shape index (κ3) is 4.94. The Morgan fingerprint density at radius 1 is 1.03 bits per heavy atom. The predicted octanol–water partition coefficient (Wildman–Crippen LogP) is 4.11. The molecule has 0 unspecified atom stereocenters. The number of carbonyl (C=O) groups excluding carboxylic acids is 2. The molecule has 3 aliphatic rings. The molecule has 0 radical (unpaired) electrons. The summed E-state index contributed by atoms with van der Waals surface area (Å²) in [6.07, 6.45) is 8.92. The summed E-state index contributed by atoms with van der Waals surface area (Å²) in [7, 11) is 0. The van der Waals surface area contributed by atoms with Gasteiger partial charge in [0.1, 0.15) is 6.10 Å². The molecule has 33 heavy (non-hydrogen) atoms. The Labute approximate surface area is 199 Å². The Morgan fingerprint density at radius 2 is 1.76 bits per heavy atom. The lowest BCUT2D eigenvalue weighted by molar-refractivity contribution is -0.127. The summed E-state index contributed by atoms with van der Waals surface area (Å²) in [5.41, 5.74) is 2.34. The molecule has 1 saturated heterocycles. The number of rotatable bonds is 4. The van der Waals surface area contributed by atoms with Gasteiger partial charge in [0.2, 0.25) is 5.91 Å². The van der Waals surface area contributed by atoms with E-state index in [9.17, 15) is 9.59 Å². The van der Waals surface area contributed by atoms with Crippen LogP contribution in [0.2, 0.25) is 5.02 Å². The van der Waals surface area contributed by atoms with E-state index >= 15 is 0 Å². The summed E-state index contributed by atoms with van der Waals surface area (Å²) in [6.45, 7) is 2.12. The highest BCUT2D eigenvalue weighted by Gasteiger charge is 2.32. The van der Waals surface area contributed by atoms with Gasteiger partial charge >= 0.3 is 0 Å². The van der Waals surface area contributed by atoms with E-state index in [4.69, 9.17) is 16.3 Å². The molecule has 1 aromatic carbocycles. The number of amides is 2. The van der Waals surface area contributed by atoms with Gasteiger partial charge in [0, 0.05) is 30.1 Å². The van der Waals surface area contributed by atoms with Crippen molar-refractivity contribution in [3.8, 4) is 0 Å². The number of carbonyl (C=O) groups is 2. The van der Waals surface area contributed by atoms with Crippen LogP contribution in [0.5, 0.6) is 0 Å². The molecule has 2 aromatic rings. The topological polar surface area (TPSA) is 76.5 Å². The lowest BCUT2D eigenvalue weighted by Crippen LogP contribution is -2.46. The number of ether oxygens (including phenoxy) is 1. The van der Waals surface area contributed by atoms with Crippen molar-refractivity contribution in [2.75, 3.05) is 13.1 Å².